The van der Waals surface area contributed by atoms with Crippen LogP contribution in [-0.2, 0) is 10.2 Å². The lowest BCUT2D eigenvalue weighted by Crippen LogP contribution is -2.43. The first kappa shape index (κ1) is 16.2. The molecule has 0 heterocycles. The number of hydrogen-bond acceptors (Lipinski definition) is 2. The van der Waals surface area contributed by atoms with Crippen LogP contribution < -0.4 is 11.1 Å². The molecule has 0 radical (unpaired) electrons. The number of rotatable bonds is 5. The third-order valence-electron chi connectivity index (χ3n) is 3.53. The molecule has 0 aliphatic rings. The van der Waals surface area contributed by atoms with Crippen LogP contribution in [0.25, 0.3) is 0 Å². The highest BCUT2D eigenvalue weighted by molar-refractivity contribution is 9.10. The summed E-state index contributed by atoms with van der Waals surface area (Å²) >= 11 is 3.43. The Kier molecular flexibility index (Phi) is 5.56. The van der Waals surface area contributed by atoms with Crippen LogP contribution in [-0.4, -0.2) is 18.5 Å². The molecule has 4 heteroatoms. The predicted octanol–water partition coefficient (Wildman–Crippen LogP) is 2.83. The molecule has 1 aromatic rings. The van der Waals surface area contributed by atoms with Crippen molar-refractivity contribution < 1.29 is 4.79 Å². The van der Waals surface area contributed by atoms with Crippen LogP contribution in [0.1, 0.15) is 33.3 Å². The molecule has 3 nitrogen and oxygen atoms in total. The molecule has 106 valence electrons. The summed E-state index contributed by atoms with van der Waals surface area (Å²) in [6.07, 6.45) is 0. The van der Waals surface area contributed by atoms with Gasteiger partial charge in [-0.1, -0.05) is 48.8 Å². The Morgan fingerprint density at radius 1 is 1.32 bits per heavy atom. The SMILES string of the molecule is CC(N)C(C)C(=O)NCC(C)(C)c1ccc(Br)cc1. The van der Waals surface area contributed by atoms with E-state index >= 15 is 0 Å². The van der Waals surface area contributed by atoms with Crippen molar-refractivity contribution in [1.29, 1.82) is 0 Å². The molecule has 19 heavy (non-hydrogen) atoms. The van der Waals surface area contributed by atoms with Crippen LogP contribution in [0.3, 0.4) is 0 Å². The van der Waals surface area contributed by atoms with Crippen LogP contribution >= 0.6 is 15.9 Å². The van der Waals surface area contributed by atoms with Gasteiger partial charge in [-0.25, -0.2) is 0 Å². The van der Waals surface area contributed by atoms with E-state index in [1.807, 2.05) is 26.0 Å². The van der Waals surface area contributed by atoms with Crippen molar-refractivity contribution in [2.24, 2.45) is 11.7 Å². The van der Waals surface area contributed by atoms with Gasteiger partial charge in [0.1, 0.15) is 0 Å². The molecule has 0 spiro atoms. The number of nitrogens with two attached hydrogens (primary N) is 1. The third kappa shape index (κ3) is 4.62. The first-order valence-electron chi connectivity index (χ1n) is 6.53. The highest BCUT2D eigenvalue weighted by Crippen LogP contribution is 2.24. The maximum absolute atomic E-state index is 11.9. The monoisotopic (exact) mass is 326 g/mol. The lowest BCUT2D eigenvalue weighted by Gasteiger charge is -2.27. The second kappa shape index (κ2) is 6.53. The molecule has 2 unspecified atom stereocenters. The lowest BCUT2D eigenvalue weighted by molar-refractivity contribution is -0.125. The highest BCUT2D eigenvalue weighted by atomic mass is 79.9. The minimum Gasteiger partial charge on any atom is -0.355 e. The molecule has 1 amide bonds. The van der Waals surface area contributed by atoms with Gasteiger partial charge in [0.2, 0.25) is 5.91 Å². The zero-order chi connectivity index (χ0) is 14.6. The number of halogens is 1. The van der Waals surface area contributed by atoms with Crippen molar-refractivity contribution in [3.63, 3.8) is 0 Å². The van der Waals surface area contributed by atoms with Gasteiger partial charge in [0.05, 0.1) is 0 Å². The first-order valence-corrected chi connectivity index (χ1v) is 7.32. The lowest BCUT2D eigenvalue weighted by atomic mass is 9.84. The summed E-state index contributed by atoms with van der Waals surface area (Å²) in [4.78, 5) is 11.9. The van der Waals surface area contributed by atoms with E-state index in [9.17, 15) is 4.79 Å². The Morgan fingerprint density at radius 3 is 2.32 bits per heavy atom. The van der Waals surface area contributed by atoms with E-state index in [4.69, 9.17) is 5.73 Å². The number of benzene rings is 1. The van der Waals surface area contributed by atoms with Gasteiger partial charge in [0.15, 0.2) is 0 Å². The largest absolute Gasteiger partial charge is 0.355 e. The molecule has 0 bridgehead atoms. The number of amides is 1. The van der Waals surface area contributed by atoms with Gasteiger partial charge < -0.3 is 11.1 Å². The molecule has 1 aromatic carbocycles. The minimum absolute atomic E-state index is 0.0141. The van der Waals surface area contributed by atoms with E-state index < -0.39 is 0 Å². The Hall–Kier alpha value is -0.870. The summed E-state index contributed by atoms with van der Waals surface area (Å²) in [5, 5.41) is 2.99. The van der Waals surface area contributed by atoms with Gasteiger partial charge in [-0.2, -0.15) is 0 Å². The van der Waals surface area contributed by atoms with Crippen LogP contribution in [0.2, 0.25) is 0 Å². The summed E-state index contributed by atoms with van der Waals surface area (Å²) in [5.41, 5.74) is 6.83. The molecule has 2 atom stereocenters. The number of hydrogen-bond donors (Lipinski definition) is 2. The number of carbonyl (C=O) groups excluding carboxylic acids is 1. The van der Waals surface area contributed by atoms with Crippen molar-refractivity contribution >= 4 is 21.8 Å². The topological polar surface area (TPSA) is 55.1 Å². The minimum atomic E-state index is -0.166. The average molecular weight is 327 g/mol. The van der Waals surface area contributed by atoms with Crippen molar-refractivity contribution in [2.45, 2.75) is 39.2 Å². The Bertz CT molecular complexity index is 426. The molecule has 0 fully saturated rings. The highest BCUT2D eigenvalue weighted by Gasteiger charge is 2.23. The molecular formula is C15H23BrN2O. The molecule has 3 N–H and O–H groups in total. The van der Waals surface area contributed by atoms with E-state index in [0.29, 0.717) is 6.54 Å². The van der Waals surface area contributed by atoms with Crippen molar-refractivity contribution in [3.8, 4) is 0 Å². The summed E-state index contributed by atoms with van der Waals surface area (Å²) < 4.78 is 1.06. The maximum Gasteiger partial charge on any atom is 0.224 e. The van der Waals surface area contributed by atoms with Gasteiger partial charge in [-0.3, -0.25) is 4.79 Å². The summed E-state index contributed by atoms with van der Waals surface area (Å²) in [7, 11) is 0. The maximum atomic E-state index is 11.9. The Labute approximate surface area is 124 Å². The van der Waals surface area contributed by atoms with E-state index in [0.717, 1.165) is 4.47 Å². The standard InChI is InChI=1S/C15H23BrN2O/c1-10(11(2)17)14(19)18-9-15(3,4)12-5-7-13(16)8-6-12/h5-8,10-11H,9,17H2,1-4H3,(H,18,19). The molecule has 0 aliphatic heterocycles. The van der Waals surface area contributed by atoms with E-state index in [-0.39, 0.29) is 23.3 Å². The van der Waals surface area contributed by atoms with Gasteiger partial charge >= 0.3 is 0 Å². The fourth-order valence-corrected chi connectivity index (χ4v) is 1.98. The van der Waals surface area contributed by atoms with Crippen molar-refractivity contribution in [1.82, 2.24) is 5.32 Å². The molecular weight excluding hydrogens is 304 g/mol. The number of carbonyl (C=O) groups is 1. The predicted molar refractivity (Wildman–Crippen MR) is 83.0 cm³/mol. The first-order chi connectivity index (χ1) is 8.74. The Balaban J connectivity index is 2.65. The van der Waals surface area contributed by atoms with E-state index in [1.54, 1.807) is 0 Å². The molecule has 0 aliphatic carbocycles. The van der Waals surface area contributed by atoms with Crippen molar-refractivity contribution in [2.75, 3.05) is 6.54 Å². The molecule has 0 aromatic heterocycles. The zero-order valence-corrected chi connectivity index (χ0v) is 13.6. The normalized spacial score (nSPS) is 14.8. The molecule has 0 saturated heterocycles. The van der Waals surface area contributed by atoms with Gasteiger partial charge in [-0.15, -0.1) is 0 Å². The summed E-state index contributed by atoms with van der Waals surface area (Å²) in [6.45, 7) is 8.54. The van der Waals surface area contributed by atoms with Gasteiger partial charge in [0, 0.05) is 28.4 Å². The zero-order valence-electron chi connectivity index (χ0n) is 12.0. The van der Waals surface area contributed by atoms with Crippen molar-refractivity contribution in [3.05, 3.63) is 34.3 Å². The average Bonchev–Trinajstić information content (AvgIpc) is 2.35. The van der Waals surface area contributed by atoms with Crippen LogP contribution in [0.15, 0.2) is 28.7 Å². The summed E-state index contributed by atoms with van der Waals surface area (Å²) in [5.74, 6) is -0.152. The van der Waals surface area contributed by atoms with Crippen LogP contribution in [0, 0.1) is 5.92 Å². The van der Waals surface area contributed by atoms with Gasteiger partial charge in [-0.05, 0) is 24.6 Å². The second-order valence-electron chi connectivity index (χ2n) is 5.76. The molecule has 0 saturated carbocycles. The third-order valence-corrected chi connectivity index (χ3v) is 4.06. The smallest absolute Gasteiger partial charge is 0.224 e. The Morgan fingerprint density at radius 2 is 1.84 bits per heavy atom. The summed E-state index contributed by atoms with van der Waals surface area (Å²) in [6, 6.07) is 8.06. The molecule has 1 rings (SSSR count). The quantitative estimate of drug-likeness (QED) is 0.874. The van der Waals surface area contributed by atoms with E-state index in [1.165, 1.54) is 5.56 Å². The van der Waals surface area contributed by atoms with E-state index in [2.05, 4.69) is 47.2 Å². The fourth-order valence-electron chi connectivity index (χ4n) is 1.71. The fraction of sp³-hybridized carbons (Fsp3) is 0.533. The van der Waals surface area contributed by atoms with Gasteiger partial charge in [0.25, 0.3) is 0 Å². The second-order valence-corrected chi connectivity index (χ2v) is 6.67. The van der Waals surface area contributed by atoms with Crippen LogP contribution in [0.4, 0.5) is 0 Å². The number of nitrogens with one attached hydrogen (secondary N) is 1. The van der Waals surface area contributed by atoms with Crippen LogP contribution in [0.5, 0.6) is 0 Å².